The van der Waals surface area contributed by atoms with Gasteiger partial charge in [-0.1, -0.05) is 26.2 Å². The van der Waals surface area contributed by atoms with Crippen molar-refractivity contribution in [3.8, 4) is 0 Å². The van der Waals surface area contributed by atoms with Crippen molar-refractivity contribution in [1.29, 1.82) is 0 Å². The van der Waals surface area contributed by atoms with Gasteiger partial charge in [-0.15, -0.1) is 0 Å². The van der Waals surface area contributed by atoms with Crippen molar-refractivity contribution in [3.05, 3.63) is 0 Å². The molecular weight excluding hydrogens is 204 g/mol. The van der Waals surface area contributed by atoms with Gasteiger partial charge in [-0.3, -0.25) is 9.59 Å². The van der Waals surface area contributed by atoms with E-state index in [1.54, 1.807) is 0 Å². The Bertz CT molecular complexity index is 211. The molecular formula is C13H24O3. The maximum Gasteiger partial charge on any atom is 0.302 e. The lowest BCUT2D eigenvalue weighted by atomic mass is 10.1. The van der Waals surface area contributed by atoms with Gasteiger partial charge in [0, 0.05) is 19.8 Å². The molecule has 0 aromatic rings. The Kier molecular flexibility index (Phi) is 8.87. The molecule has 94 valence electrons. The molecule has 0 fully saturated rings. The number of carbonyl (C=O) groups is 2. The maximum atomic E-state index is 11.5. The number of ether oxygens (including phenoxy) is 1. The van der Waals surface area contributed by atoms with Crippen LogP contribution in [0.5, 0.6) is 0 Å². The lowest BCUT2D eigenvalue weighted by Crippen LogP contribution is -2.13. The van der Waals surface area contributed by atoms with Crippen LogP contribution in [0.3, 0.4) is 0 Å². The summed E-state index contributed by atoms with van der Waals surface area (Å²) in [5.74, 6) is 0.0120. The number of hydrogen-bond donors (Lipinski definition) is 0. The van der Waals surface area contributed by atoms with Crippen molar-refractivity contribution in [3.63, 3.8) is 0 Å². The van der Waals surface area contributed by atoms with Gasteiger partial charge < -0.3 is 4.74 Å². The number of carbonyl (C=O) groups excluding carboxylic acids is 2. The molecule has 0 bridgehead atoms. The van der Waals surface area contributed by atoms with E-state index in [4.69, 9.17) is 4.74 Å². The predicted molar refractivity (Wildman–Crippen MR) is 64.2 cm³/mol. The second-order valence-electron chi connectivity index (χ2n) is 4.31. The molecule has 0 aliphatic carbocycles. The Morgan fingerprint density at radius 2 is 1.81 bits per heavy atom. The monoisotopic (exact) mass is 228 g/mol. The summed E-state index contributed by atoms with van der Waals surface area (Å²) in [5.41, 5.74) is 0. The van der Waals surface area contributed by atoms with Gasteiger partial charge in [0.15, 0.2) is 0 Å². The highest BCUT2D eigenvalue weighted by molar-refractivity contribution is 5.78. The van der Waals surface area contributed by atoms with E-state index in [0.717, 1.165) is 12.8 Å². The minimum absolute atomic E-state index is 0.142. The molecule has 0 saturated heterocycles. The van der Waals surface area contributed by atoms with Gasteiger partial charge >= 0.3 is 5.97 Å². The molecule has 1 unspecified atom stereocenters. The van der Waals surface area contributed by atoms with Crippen LogP contribution >= 0.6 is 0 Å². The summed E-state index contributed by atoms with van der Waals surface area (Å²) in [6, 6.07) is 0. The molecule has 3 nitrogen and oxygen atoms in total. The molecule has 0 N–H and O–H groups in total. The second kappa shape index (κ2) is 9.37. The summed E-state index contributed by atoms with van der Waals surface area (Å²) >= 11 is 0. The number of ketones is 1. The summed E-state index contributed by atoms with van der Waals surface area (Å²) in [7, 11) is 0. The van der Waals surface area contributed by atoms with Gasteiger partial charge in [-0.25, -0.2) is 0 Å². The van der Waals surface area contributed by atoms with Crippen molar-refractivity contribution in [2.24, 2.45) is 0 Å². The molecule has 3 heteroatoms. The topological polar surface area (TPSA) is 43.4 Å². The molecule has 16 heavy (non-hydrogen) atoms. The first-order chi connectivity index (χ1) is 7.56. The van der Waals surface area contributed by atoms with E-state index in [2.05, 4.69) is 6.92 Å². The van der Waals surface area contributed by atoms with Crippen LogP contribution in [0.2, 0.25) is 0 Å². The molecule has 0 rings (SSSR count). The van der Waals surface area contributed by atoms with E-state index in [9.17, 15) is 9.59 Å². The summed E-state index contributed by atoms with van der Waals surface area (Å²) in [5, 5.41) is 0. The minimum atomic E-state index is -0.275. The average Bonchev–Trinajstić information content (AvgIpc) is 2.20. The van der Waals surface area contributed by atoms with Gasteiger partial charge in [-0.05, 0) is 19.8 Å². The Hall–Kier alpha value is -0.860. The van der Waals surface area contributed by atoms with Crippen molar-refractivity contribution < 1.29 is 14.3 Å². The van der Waals surface area contributed by atoms with Crippen LogP contribution in [0.15, 0.2) is 0 Å². The van der Waals surface area contributed by atoms with Crippen LogP contribution in [-0.4, -0.2) is 17.9 Å². The molecule has 0 amide bonds. The standard InChI is InChI=1S/C13H24O3/c1-4-5-6-7-8-13(15)10-9-11(2)16-12(3)14/h11H,4-10H2,1-3H3. The zero-order chi connectivity index (χ0) is 12.4. The third-order valence-electron chi connectivity index (χ3n) is 2.51. The molecule has 0 saturated carbocycles. The number of unbranched alkanes of at least 4 members (excludes halogenated alkanes) is 3. The molecule has 0 heterocycles. The summed E-state index contributed by atoms with van der Waals surface area (Å²) < 4.78 is 4.95. The van der Waals surface area contributed by atoms with E-state index < -0.39 is 0 Å². The lowest BCUT2D eigenvalue weighted by Gasteiger charge is -2.10. The van der Waals surface area contributed by atoms with Crippen LogP contribution in [0.4, 0.5) is 0 Å². The Morgan fingerprint density at radius 1 is 1.12 bits per heavy atom. The van der Waals surface area contributed by atoms with Crippen LogP contribution in [0.25, 0.3) is 0 Å². The van der Waals surface area contributed by atoms with Crippen LogP contribution in [0.1, 0.15) is 65.7 Å². The van der Waals surface area contributed by atoms with Gasteiger partial charge in [0.05, 0.1) is 6.10 Å². The van der Waals surface area contributed by atoms with Crippen molar-refractivity contribution >= 4 is 11.8 Å². The highest BCUT2D eigenvalue weighted by Gasteiger charge is 2.08. The molecule has 0 aromatic carbocycles. The van der Waals surface area contributed by atoms with Crippen LogP contribution < -0.4 is 0 Å². The summed E-state index contributed by atoms with van der Waals surface area (Å²) in [6.45, 7) is 5.37. The van der Waals surface area contributed by atoms with Gasteiger partial charge in [0.25, 0.3) is 0 Å². The fourth-order valence-corrected chi connectivity index (χ4v) is 1.58. The number of hydrogen-bond acceptors (Lipinski definition) is 3. The Morgan fingerprint density at radius 3 is 2.38 bits per heavy atom. The van der Waals surface area contributed by atoms with Crippen molar-refractivity contribution in [2.45, 2.75) is 71.8 Å². The largest absolute Gasteiger partial charge is 0.463 e. The van der Waals surface area contributed by atoms with Crippen molar-refractivity contribution in [2.75, 3.05) is 0 Å². The second-order valence-corrected chi connectivity index (χ2v) is 4.31. The number of esters is 1. The zero-order valence-corrected chi connectivity index (χ0v) is 10.8. The number of rotatable bonds is 9. The first kappa shape index (κ1) is 15.1. The van der Waals surface area contributed by atoms with E-state index in [1.807, 2.05) is 6.92 Å². The third-order valence-corrected chi connectivity index (χ3v) is 2.51. The first-order valence-corrected chi connectivity index (χ1v) is 6.25. The fraction of sp³-hybridized carbons (Fsp3) is 0.846. The first-order valence-electron chi connectivity index (χ1n) is 6.25. The Balaban J connectivity index is 3.45. The lowest BCUT2D eigenvalue weighted by molar-refractivity contribution is -0.146. The number of Topliss-reactive ketones (excluding diaryl/α,β-unsaturated/α-hetero) is 1. The highest BCUT2D eigenvalue weighted by atomic mass is 16.5. The van der Waals surface area contributed by atoms with Crippen LogP contribution in [0, 0.1) is 0 Å². The fourth-order valence-electron chi connectivity index (χ4n) is 1.58. The van der Waals surface area contributed by atoms with Crippen LogP contribution in [-0.2, 0) is 14.3 Å². The normalized spacial score (nSPS) is 12.2. The average molecular weight is 228 g/mol. The minimum Gasteiger partial charge on any atom is -0.463 e. The molecule has 0 radical (unpaired) electrons. The third kappa shape index (κ3) is 9.69. The zero-order valence-electron chi connectivity index (χ0n) is 10.8. The summed E-state index contributed by atoms with van der Waals surface area (Å²) in [4.78, 5) is 22.1. The van der Waals surface area contributed by atoms with E-state index >= 15 is 0 Å². The van der Waals surface area contributed by atoms with Gasteiger partial charge in [0.1, 0.15) is 5.78 Å². The predicted octanol–water partition coefficient (Wildman–Crippen LogP) is 3.26. The van der Waals surface area contributed by atoms with E-state index in [1.165, 1.54) is 19.8 Å². The molecule has 0 aliphatic rings. The maximum absolute atomic E-state index is 11.5. The molecule has 1 atom stereocenters. The Labute approximate surface area is 98.6 Å². The molecule has 0 aliphatic heterocycles. The highest BCUT2D eigenvalue weighted by Crippen LogP contribution is 2.08. The van der Waals surface area contributed by atoms with E-state index in [0.29, 0.717) is 19.3 Å². The smallest absolute Gasteiger partial charge is 0.302 e. The SMILES string of the molecule is CCCCCCC(=O)CCC(C)OC(C)=O. The van der Waals surface area contributed by atoms with Gasteiger partial charge in [-0.2, -0.15) is 0 Å². The van der Waals surface area contributed by atoms with Crippen molar-refractivity contribution in [1.82, 2.24) is 0 Å². The van der Waals surface area contributed by atoms with Gasteiger partial charge in [0.2, 0.25) is 0 Å². The molecule has 0 spiro atoms. The van der Waals surface area contributed by atoms with E-state index in [-0.39, 0.29) is 17.9 Å². The quantitative estimate of drug-likeness (QED) is 0.449. The molecule has 0 aromatic heterocycles. The summed E-state index contributed by atoms with van der Waals surface area (Å²) in [6.07, 6.45) is 6.24.